The summed E-state index contributed by atoms with van der Waals surface area (Å²) in [6.07, 6.45) is 1.75. The number of amides is 1. The molecular formula is C25H22N2O6S. The summed E-state index contributed by atoms with van der Waals surface area (Å²) in [6.45, 7) is 4.05. The Morgan fingerprint density at radius 1 is 1.12 bits per heavy atom. The van der Waals surface area contributed by atoms with Gasteiger partial charge in [-0.25, -0.2) is 9.79 Å². The highest BCUT2D eigenvalue weighted by atomic mass is 32.2. The van der Waals surface area contributed by atoms with Crippen molar-refractivity contribution in [2.75, 3.05) is 7.11 Å². The van der Waals surface area contributed by atoms with Crippen molar-refractivity contribution >= 4 is 40.6 Å². The van der Waals surface area contributed by atoms with E-state index >= 15 is 0 Å². The summed E-state index contributed by atoms with van der Waals surface area (Å²) in [7, 11) is 1.51. The van der Waals surface area contributed by atoms with E-state index in [1.165, 1.54) is 24.9 Å². The van der Waals surface area contributed by atoms with Gasteiger partial charge in [-0.2, -0.15) is 0 Å². The Kier molecular flexibility index (Phi) is 6.74. The average molecular weight is 479 g/mol. The molecule has 2 heterocycles. The summed E-state index contributed by atoms with van der Waals surface area (Å²) in [5, 5.41) is 12.3. The van der Waals surface area contributed by atoms with E-state index in [0.29, 0.717) is 27.3 Å². The van der Waals surface area contributed by atoms with Crippen LogP contribution in [0.15, 0.2) is 62.8 Å². The molecule has 0 aliphatic carbocycles. The Bertz CT molecular complexity index is 1300. The van der Waals surface area contributed by atoms with E-state index in [0.717, 1.165) is 22.4 Å². The fraction of sp³-hybridized carbons (Fsp3) is 0.160. The molecule has 1 amide bonds. The smallest absolute Gasteiger partial charge is 0.371 e. The first-order valence-corrected chi connectivity index (χ1v) is 11.1. The van der Waals surface area contributed by atoms with Crippen LogP contribution in [-0.4, -0.2) is 29.3 Å². The first-order chi connectivity index (χ1) is 16.3. The van der Waals surface area contributed by atoms with Crippen LogP contribution in [0.1, 0.15) is 33.0 Å². The molecule has 2 N–H and O–H groups in total. The zero-order valence-corrected chi connectivity index (χ0v) is 19.6. The number of rotatable bonds is 7. The first kappa shape index (κ1) is 23.2. The molecule has 2 aromatic carbocycles. The second kappa shape index (κ2) is 9.88. The van der Waals surface area contributed by atoms with Crippen LogP contribution in [-0.2, 0) is 11.4 Å². The number of hydrogen-bond donors (Lipinski definition) is 2. The second-order valence-electron chi connectivity index (χ2n) is 7.60. The first-order valence-electron chi connectivity index (χ1n) is 10.3. The van der Waals surface area contributed by atoms with Crippen LogP contribution >= 0.6 is 11.8 Å². The summed E-state index contributed by atoms with van der Waals surface area (Å²) < 4.78 is 16.3. The number of hydrogen-bond acceptors (Lipinski definition) is 7. The van der Waals surface area contributed by atoms with Crippen LogP contribution in [0.2, 0.25) is 0 Å². The minimum absolute atomic E-state index is 0.0423. The van der Waals surface area contributed by atoms with E-state index in [4.69, 9.17) is 19.0 Å². The standard InChI is InChI=1S/C25H22N2O6S/c1-14-8-15(2)10-17(9-14)26-25-27-23(28)22(34-25)12-16-4-6-19(21(11-16)31-3)32-13-18-5-7-20(33-18)24(29)30/h4-12H,13H2,1-3H3,(H,29,30)(H,26,27,28). The quantitative estimate of drug-likeness (QED) is 0.456. The maximum atomic E-state index is 12.5. The van der Waals surface area contributed by atoms with E-state index in [2.05, 4.69) is 16.4 Å². The molecule has 0 bridgehead atoms. The molecule has 8 nitrogen and oxygen atoms in total. The molecule has 4 rings (SSSR count). The Balaban J connectivity index is 1.48. The molecule has 1 aliphatic heterocycles. The lowest BCUT2D eigenvalue weighted by Gasteiger charge is -2.10. The number of thioether (sulfide) groups is 1. The van der Waals surface area contributed by atoms with Crippen LogP contribution in [0.4, 0.5) is 5.69 Å². The molecule has 1 saturated heterocycles. The van der Waals surface area contributed by atoms with Gasteiger partial charge in [-0.05, 0) is 84.8 Å². The molecule has 34 heavy (non-hydrogen) atoms. The number of methoxy groups -OCH3 is 1. The Hall–Kier alpha value is -3.98. The molecule has 1 fully saturated rings. The van der Waals surface area contributed by atoms with Gasteiger partial charge < -0.3 is 24.3 Å². The van der Waals surface area contributed by atoms with Gasteiger partial charge in [0.15, 0.2) is 16.7 Å². The molecular weight excluding hydrogens is 456 g/mol. The van der Waals surface area contributed by atoms with Crippen LogP contribution in [0.3, 0.4) is 0 Å². The number of carboxylic acids is 1. The number of carboxylic acid groups (broad SMARTS) is 1. The third-order valence-corrected chi connectivity index (χ3v) is 5.73. The summed E-state index contributed by atoms with van der Waals surface area (Å²) in [6, 6.07) is 14.2. The molecule has 0 spiro atoms. The minimum atomic E-state index is -1.14. The molecule has 0 unspecified atom stereocenters. The molecule has 174 valence electrons. The number of amidine groups is 1. The predicted octanol–water partition coefficient (Wildman–Crippen LogP) is 5.07. The van der Waals surface area contributed by atoms with Crippen molar-refractivity contribution in [2.24, 2.45) is 4.99 Å². The van der Waals surface area contributed by atoms with Gasteiger partial charge in [-0.3, -0.25) is 4.79 Å². The Labute approximate surface area is 200 Å². The lowest BCUT2D eigenvalue weighted by molar-refractivity contribution is -0.115. The van der Waals surface area contributed by atoms with Gasteiger partial charge in [-0.15, -0.1) is 0 Å². The predicted molar refractivity (Wildman–Crippen MR) is 130 cm³/mol. The molecule has 0 radical (unpaired) electrons. The number of aliphatic imine (C=N–C) groups is 1. The fourth-order valence-corrected chi connectivity index (χ4v) is 4.22. The molecule has 3 aromatic rings. The number of nitrogens with one attached hydrogen (secondary N) is 1. The third kappa shape index (κ3) is 5.49. The van der Waals surface area contributed by atoms with E-state index in [1.54, 1.807) is 30.3 Å². The summed E-state index contributed by atoms with van der Waals surface area (Å²) in [5.41, 5.74) is 3.75. The van der Waals surface area contributed by atoms with Crippen molar-refractivity contribution in [3.05, 3.63) is 81.6 Å². The largest absolute Gasteiger partial charge is 0.493 e. The van der Waals surface area contributed by atoms with E-state index in [9.17, 15) is 9.59 Å². The zero-order chi connectivity index (χ0) is 24.2. The highest BCUT2D eigenvalue weighted by Crippen LogP contribution is 2.33. The lowest BCUT2D eigenvalue weighted by Crippen LogP contribution is -2.19. The van der Waals surface area contributed by atoms with Gasteiger partial charge in [0.05, 0.1) is 17.7 Å². The number of nitrogens with zero attached hydrogens (tertiary/aromatic N) is 1. The van der Waals surface area contributed by atoms with Crippen LogP contribution in [0.25, 0.3) is 6.08 Å². The van der Waals surface area contributed by atoms with Crippen molar-refractivity contribution in [1.29, 1.82) is 0 Å². The zero-order valence-electron chi connectivity index (χ0n) is 18.7. The van der Waals surface area contributed by atoms with Crippen molar-refractivity contribution in [3.63, 3.8) is 0 Å². The third-order valence-electron chi connectivity index (χ3n) is 4.82. The molecule has 9 heteroatoms. The van der Waals surface area contributed by atoms with Crippen LogP contribution < -0.4 is 14.8 Å². The van der Waals surface area contributed by atoms with Crippen LogP contribution in [0.5, 0.6) is 11.5 Å². The summed E-state index contributed by atoms with van der Waals surface area (Å²) >= 11 is 1.27. The number of carbonyl (C=O) groups is 2. The van der Waals surface area contributed by atoms with Gasteiger partial charge in [0.25, 0.3) is 5.91 Å². The molecule has 0 saturated carbocycles. The Morgan fingerprint density at radius 3 is 2.56 bits per heavy atom. The van der Waals surface area contributed by atoms with Crippen molar-refractivity contribution < 1.29 is 28.6 Å². The Morgan fingerprint density at radius 2 is 1.88 bits per heavy atom. The monoisotopic (exact) mass is 478 g/mol. The van der Waals surface area contributed by atoms with Crippen molar-refractivity contribution in [1.82, 2.24) is 5.32 Å². The number of aryl methyl sites for hydroxylation is 2. The SMILES string of the molecule is COc1cc(C=C2SC(=Nc3cc(C)cc(C)c3)NC2=O)ccc1OCc1ccc(C(=O)O)o1. The summed E-state index contributed by atoms with van der Waals surface area (Å²) in [5.74, 6) is -0.220. The van der Waals surface area contributed by atoms with Gasteiger partial charge >= 0.3 is 5.97 Å². The maximum absolute atomic E-state index is 12.5. The van der Waals surface area contributed by atoms with Gasteiger partial charge in [0.2, 0.25) is 5.76 Å². The number of aromatic carboxylic acids is 1. The minimum Gasteiger partial charge on any atom is -0.493 e. The summed E-state index contributed by atoms with van der Waals surface area (Å²) in [4.78, 5) is 28.4. The normalized spacial score (nSPS) is 15.6. The number of carbonyl (C=O) groups excluding carboxylic acids is 1. The van der Waals surface area contributed by atoms with Crippen molar-refractivity contribution in [2.45, 2.75) is 20.5 Å². The van der Waals surface area contributed by atoms with E-state index in [-0.39, 0.29) is 18.3 Å². The van der Waals surface area contributed by atoms with Crippen molar-refractivity contribution in [3.8, 4) is 11.5 Å². The highest BCUT2D eigenvalue weighted by Gasteiger charge is 2.24. The van der Waals surface area contributed by atoms with Crippen LogP contribution in [0, 0.1) is 13.8 Å². The van der Waals surface area contributed by atoms with Gasteiger partial charge in [0, 0.05) is 0 Å². The number of furan rings is 1. The molecule has 0 atom stereocenters. The number of benzene rings is 2. The topological polar surface area (TPSA) is 110 Å². The van der Waals surface area contributed by atoms with Gasteiger partial charge in [-0.1, -0.05) is 12.1 Å². The maximum Gasteiger partial charge on any atom is 0.371 e. The molecule has 1 aliphatic rings. The molecule has 1 aromatic heterocycles. The van der Waals surface area contributed by atoms with E-state index < -0.39 is 5.97 Å². The van der Waals surface area contributed by atoms with Gasteiger partial charge in [0.1, 0.15) is 12.4 Å². The lowest BCUT2D eigenvalue weighted by atomic mass is 10.1. The second-order valence-corrected chi connectivity index (χ2v) is 8.63. The average Bonchev–Trinajstić information content (AvgIpc) is 3.39. The van der Waals surface area contributed by atoms with E-state index in [1.807, 2.05) is 26.0 Å². The fourth-order valence-electron chi connectivity index (χ4n) is 3.38. The number of ether oxygens (including phenoxy) is 2. The highest BCUT2D eigenvalue weighted by molar-refractivity contribution is 8.18.